The Bertz CT molecular complexity index is 543. The Kier molecular flexibility index (Phi) is 3.61. The molecule has 0 aliphatic heterocycles. The first-order valence-corrected chi connectivity index (χ1v) is 7.57. The maximum atomic E-state index is 3.75. The van der Waals surface area contributed by atoms with Crippen molar-refractivity contribution >= 4 is 10.9 Å². The highest BCUT2D eigenvalue weighted by Crippen LogP contribution is 2.34. The average Bonchev–Trinajstić information content (AvgIpc) is 3.02. The van der Waals surface area contributed by atoms with Crippen molar-refractivity contribution in [2.75, 3.05) is 0 Å². The van der Waals surface area contributed by atoms with E-state index in [2.05, 4.69) is 48.4 Å². The quantitative estimate of drug-likeness (QED) is 0.847. The van der Waals surface area contributed by atoms with E-state index in [-0.39, 0.29) is 0 Å². The summed E-state index contributed by atoms with van der Waals surface area (Å²) in [6.07, 6.45) is 6.07. The van der Waals surface area contributed by atoms with Gasteiger partial charge in [0.25, 0.3) is 0 Å². The van der Waals surface area contributed by atoms with Gasteiger partial charge in [-0.05, 0) is 47.8 Å². The van der Waals surface area contributed by atoms with E-state index in [1.165, 1.54) is 35.7 Å². The first kappa shape index (κ1) is 12.7. The molecule has 19 heavy (non-hydrogen) atoms. The molecular weight excluding hydrogens is 232 g/mol. The van der Waals surface area contributed by atoms with Crippen molar-refractivity contribution in [2.24, 2.45) is 11.8 Å². The molecule has 3 atom stereocenters. The van der Waals surface area contributed by atoms with Gasteiger partial charge < -0.3 is 10.3 Å². The number of rotatable bonds is 4. The fourth-order valence-electron chi connectivity index (χ4n) is 3.57. The average molecular weight is 256 g/mol. The summed E-state index contributed by atoms with van der Waals surface area (Å²) in [7, 11) is 0. The molecule has 0 spiro atoms. The Morgan fingerprint density at radius 3 is 2.95 bits per heavy atom. The molecule has 1 saturated carbocycles. The number of hydrogen-bond donors (Lipinski definition) is 2. The summed E-state index contributed by atoms with van der Waals surface area (Å²) in [5, 5.41) is 5.05. The zero-order valence-electron chi connectivity index (χ0n) is 11.9. The van der Waals surface area contributed by atoms with E-state index >= 15 is 0 Å². The van der Waals surface area contributed by atoms with Gasteiger partial charge in [0.05, 0.1) is 0 Å². The number of aromatic nitrogens is 1. The zero-order chi connectivity index (χ0) is 13.2. The topological polar surface area (TPSA) is 27.8 Å². The third kappa shape index (κ3) is 2.55. The minimum atomic E-state index is 0.698. The smallest absolute Gasteiger partial charge is 0.0457 e. The lowest BCUT2D eigenvalue weighted by Crippen LogP contribution is -2.32. The van der Waals surface area contributed by atoms with E-state index in [4.69, 9.17) is 0 Å². The summed E-state index contributed by atoms with van der Waals surface area (Å²) < 4.78 is 0. The number of nitrogens with one attached hydrogen (secondary N) is 2. The molecule has 2 nitrogen and oxygen atoms in total. The lowest BCUT2D eigenvalue weighted by molar-refractivity contribution is 0.344. The summed E-state index contributed by atoms with van der Waals surface area (Å²) in [6, 6.07) is 9.52. The predicted molar refractivity (Wildman–Crippen MR) is 81.1 cm³/mol. The van der Waals surface area contributed by atoms with Crippen molar-refractivity contribution in [3.8, 4) is 0 Å². The lowest BCUT2D eigenvalue weighted by Gasteiger charge is -2.21. The molecule has 1 aliphatic carbocycles. The molecule has 3 unspecified atom stereocenters. The fourth-order valence-corrected chi connectivity index (χ4v) is 3.57. The molecular formula is C17H24N2. The van der Waals surface area contributed by atoms with Gasteiger partial charge in [-0.3, -0.25) is 0 Å². The third-order valence-electron chi connectivity index (χ3n) is 4.94. The van der Waals surface area contributed by atoms with Crippen LogP contribution in [0.2, 0.25) is 0 Å². The van der Waals surface area contributed by atoms with Gasteiger partial charge in [0, 0.05) is 24.3 Å². The van der Waals surface area contributed by atoms with Crippen LogP contribution in [0.15, 0.2) is 30.5 Å². The van der Waals surface area contributed by atoms with E-state index in [1.807, 2.05) is 6.20 Å². The molecule has 1 aromatic heterocycles. The van der Waals surface area contributed by atoms with Crippen molar-refractivity contribution in [3.63, 3.8) is 0 Å². The van der Waals surface area contributed by atoms with Crippen LogP contribution in [0.5, 0.6) is 0 Å². The number of benzene rings is 1. The van der Waals surface area contributed by atoms with Gasteiger partial charge in [-0.25, -0.2) is 0 Å². The SMILES string of the molecule is CCC1CCC(NCc2ccc3cc[nH]c3c2)C1C. The van der Waals surface area contributed by atoms with E-state index in [0.717, 1.165) is 18.4 Å². The second-order valence-electron chi connectivity index (χ2n) is 5.99. The molecule has 0 amide bonds. The van der Waals surface area contributed by atoms with Gasteiger partial charge in [-0.15, -0.1) is 0 Å². The Morgan fingerprint density at radius 1 is 1.26 bits per heavy atom. The molecule has 1 fully saturated rings. The van der Waals surface area contributed by atoms with Crippen molar-refractivity contribution in [1.82, 2.24) is 10.3 Å². The maximum absolute atomic E-state index is 3.75. The molecule has 3 rings (SSSR count). The summed E-state index contributed by atoms with van der Waals surface area (Å²) in [5.41, 5.74) is 2.62. The van der Waals surface area contributed by atoms with Gasteiger partial charge in [0.15, 0.2) is 0 Å². The van der Waals surface area contributed by atoms with E-state index in [1.54, 1.807) is 0 Å². The first-order chi connectivity index (χ1) is 9.28. The molecule has 2 heteroatoms. The van der Waals surface area contributed by atoms with Gasteiger partial charge in [0.2, 0.25) is 0 Å². The molecule has 1 heterocycles. The first-order valence-electron chi connectivity index (χ1n) is 7.57. The molecule has 102 valence electrons. The molecule has 2 aromatic rings. The minimum absolute atomic E-state index is 0.698. The van der Waals surface area contributed by atoms with E-state index in [9.17, 15) is 0 Å². The van der Waals surface area contributed by atoms with Crippen LogP contribution in [0, 0.1) is 11.8 Å². The van der Waals surface area contributed by atoms with Gasteiger partial charge in [-0.2, -0.15) is 0 Å². The molecule has 2 N–H and O–H groups in total. The summed E-state index contributed by atoms with van der Waals surface area (Å²) >= 11 is 0. The van der Waals surface area contributed by atoms with E-state index < -0.39 is 0 Å². The molecule has 0 radical (unpaired) electrons. The Balaban J connectivity index is 1.63. The highest BCUT2D eigenvalue weighted by atomic mass is 14.9. The van der Waals surface area contributed by atoms with Crippen LogP contribution >= 0.6 is 0 Å². The molecule has 1 aliphatic rings. The van der Waals surface area contributed by atoms with Crippen molar-refractivity contribution < 1.29 is 0 Å². The number of aromatic amines is 1. The Labute approximate surface area is 115 Å². The molecule has 1 aromatic carbocycles. The number of H-pyrrole nitrogens is 1. The highest BCUT2D eigenvalue weighted by Gasteiger charge is 2.30. The minimum Gasteiger partial charge on any atom is -0.361 e. The van der Waals surface area contributed by atoms with Gasteiger partial charge in [-0.1, -0.05) is 32.4 Å². The lowest BCUT2D eigenvalue weighted by atomic mass is 9.93. The predicted octanol–water partition coefficient (Wildman–Crippen LogP) is 4.08. The molecule has 0 bridgehead atoms. The summed E-state index contributed by atoms with van der Waals surface area (Å²) in [5.74, 6) is 1.74. The normalized spacial score (nSPS) is 27.2. The Hall–Kier alpha value is -1.28. The number of hydrogen-bond acceptors (Lipinski definition) is 1. The fraction of sp³-hybridized carbons (Fsp3) is 0.529. The standard InChI is InChI=1S/C17H24N2/c1-3-14-6-7-16(12(14)2)19-11-13-4-5-15-8-9-18-17(15)10-13/h4-5,8-10,12,14,16,18-19H,3,6-7,11H2,1-2H3. The van der Waals surface area contributed by atoms with Gasteiger partial charge in [0.1, 0.15) is 0 Å². The van der Waals surface area contributed by atoms with Crippen LogP contribution < -0.4 is 5.32 Å². The Morgan fingerprint density at radius 2 is 2.16 bits per heavy atom. The van der Waals surface area contributed by atoms with Crippen molar-refractivity contribution in [3.05, 3.63) is 36.0 Å². The van der Waals surface area contributed by atoms with Crippen LogP contribution in [0.25, 0.3) is 10.9 Å². The van der Waals surface area contributed by atoms with E-state index in [0.29, 0.717) is 6.04 Å². The van der Waals surface area contributed by atoms with Gasteiger partial charge >= 0.3 is 0 Å². The number of fused-ring (bicyclic) bond motifs is 1. The second kappa shape index (κ2) is 5.38. The zero-order valence-corrected chi connectivity index (χ0v) is 11.9. The van der Waals surface area contributed by atoms with Crippen molar-refractivity contribution in [2.45, 2.75) is 45.7 Å². The van der Waals surface area contributed by atoms with Crippen LogP contribution in [-0.2, 0) is 6.54 Å². The molecule has 0 saturated heterocycles. The maximum Gasteiger partial charge on any atom is 0.0457 e. The van der Waals surface area contributed by atoms with Crippen LogP contribution in [-0.4, -0.2) is 11.0 Å². The largest absolute Gasteiger partial charge is 0.361 e. The summed E-state index contributed by atoms with van der Waals surface area (Å²) in [4.78, 5) is 3.29. The monoisotopic (exact) mass is 256 g/mol. The highest BCUT2D eigenvalue weighted by molar-refractivity contribution is 5.79. The van der Waals surface area contributed by atoms with Crippen molar-refractivity contribution in [1.29, 1.82) is 0 Å². The van der Waals surface area contributed by atoms with Crippen LogP contribution in [0.3, 0.4) is 0 Å². The van der Waals surface area contributed by atoms with Crippen LogP contribution in [0.4, 0.5) is 0 Å². The summed E-state index contributed by atoms with van der Waals surface area (Å²) in [6.45, 7) is 5.72. The second-order valence-corrected chi connectivity index (χ2v) is 5.99. The van der Waals surface area contributed by atoms with Crippen LogP contribution in [0.1, 0.15) is 38.7 Å². The third-order valence-corrected chi connectivity index (χ3v) is 4.94.